The Morgan fingerprint density at radius 1 is 1.11 bits per heavy atom. The fourth-order valence-electron chi connectivity index (χ4n) is 2.98. The monoisotopic (exact) mass is 405 g/mol. The normalized spacial score (nSPS) is 12.3. The minimum absolute atomic E-state index is 0.164. The van der Waals surface area contributed by atoms with Crippen molar-refractivity contribution in [1.29, 1.82) is 0 Å². The molecule has 1 atom stereocenters. The fraction of sp³-hybridized carbons (Fsp3) is 0.316. The Morgan fingerprint density at radius 2 is 1.68 bits per heavy atom. The number of sulfonamides is 1. The van der Waals surface area contributed by atoms with Gasteiger partial charge in [-0.2, -0.15) is 0 Å². The van der Waals surface area contributed by atoms with Crippen molar-refractivity contribution >= 4 is 33.0 Å². The standard InChI is InChI=1S/C19H23N3O5S/c1-12-8-13(2)10-17(9-12)21(28(5,26)27)15(4)19(23)20-18-11-16(22(24)25)7-6-14(18)3/h6-11,15H,1-5H3,(H,20,23). The van der Waals surface area contributed by atoms with Gasteiger partial charge in [-0.1, -0.05) is 12.1 Å². The molecule has 0 spiro atoms. The SMILES string of the molecule is Cc1cc(C)cc(N(C(C)C(=O)Nc2cc([N+](=O)[O-])ccc2C)S(C)(=O)=O)c1. The number of hydrogen-bond donors (Lipinski definition) is 1. The molecular weight excluding hydrogens is 382 g/mol. The van der Waals surface area contributed by atoms with Crippen LogP contribution in [0.5, 0.6) is 0 Å². The molecule has 0 aliphatic rings. The number of rotatable bonds is 6. The molecule has 1 unspecified atom stereocenters. The second-order valence-corrected chi connectivity index (χ2v) is 8.69. The van der Waals surface area contributed by atoms with E-state index in [-0.39, 0.29) is 11.4 Å². The number of nitro benzene ring substituents is 1. The highest BCUT2D eigenvalue weighted by molar-refractivity contribution is 7.92. The third-order valence-electron chi connectivity index (χ3n) is 4.24. The average molecular weight is 405 g/mol. The van der Waals surface area contributed by atoms with Crippen LogP contribution < -0.4 is 9.62 Å². The van der Waals surface area contributed by atoms with Gasteiger partial charge in [0.2, 0.25) is 15.9 Å². The van der Waals surface area contributed by atoms with E-state index in [1.165, 1.54) is 25.1 Å². The Bertz CT molecular complexity index is 1010. The molecule has 8 nitrogen and oxygen atoms in total. The molecule has 28 heavy (non-hydrogen) atoms. The number of amides is 1. The summed E-state index contributed by atoms with van der Waals surface area (Å²) in [6, 6.07) is 8.34. The van der Waals surface area contributed by atoms with E-state index in [4.69, 9.17) is 0 Å². The first-order valence-corrected chi connectivity index (χ1v) is 10.4. The highest BCUT2D eigenvalue weighted by Gasteiger charge is 2.30. The number of aryl methyl sites for hydroxylation is 3. The molecule has 9 heteroatoms. The topological polar surface area (TPSA) is 110 Å². The number of nitrogens with zero attached hydrogens (tertiary/aromatic N) is 2. The molecule has 0 aliphatic carbocycles. The molecule has 0 heterocycles. The average Bonchev–Trinajstić information content (AvgIpc) is 2.54. The molecule has 0 saturated heterocycles. The Balaban J connectivity index is 2.40. The maximum atomic E-state index is 12.8. The molecule has 0 aliphatic heterocycles. The first-order valence-electron chi connectivity index (χ1n) is 8.53. The van der Waals surface area contributed by atoms with Crippen molar-refractivity contribution in [3.63, 3.8) is 0 Å². The maximum absolute atomic E-state index is 12.8. The first-order chi connectivity index (χ1) is 12.9. The van der Waals surface area contributed by atoms with Crippen LogP contribution in [0.1, 0.15) is 23.6 Å². The van der Waals surface area contributed by atoms with E-state index in [0.717, 1.165) is 21.7 Å². The van der Waals surface area contributed by atoms with Crippen LogP contribution in [0.4, 0.5) is 17.1 Å². The van der Waals surface area contributed by atoms with Gasteiger partial charge in [0.1, 0.15) is 6.04 Å². The summed E-state index contributed by atoms with van der Waals surface area (Å²) in [6.07, 6.45) is 1.03. The molecule has 0 saturated carbocycles. The van der Waals surface area contributed by atoms with E-state index in [2.05, 4.69) is 5.32 Å². The van der Waals surface area contributed by atoms with Gasteiger partial charge < -0.3 is 5.32 Å². The van der Waals surface area contributed by atoms with Crippen LogP contribution in [-0.2, 0) is 14.8 Å². The molecule has 0 bridgehead atoms. The van der Waals surface area contributed by atoms with Gasteiger partial charge in [0.05, 0.1) is 22.6 Å². The van der Waals surface area contributed by atoms with E-state index in [9.17, 15) is 23.3 Å². The van der Waals surface area contributed by atoms with Gasteiger partial charge in [0.25, 0.3) is 5.69 Å². The number of nitro groups is 1. The zero-order chi connectivity index (χ0) is 21.2. The van der Waals surface area contributed by atoms with E-state index in [0.29, 0.717) is 11.3 Å². The van der Waals surface area contributed by atoms with Crippen LogP contribution in [0, 0.1) is 30.9 Å². The molecule has 150 valence electrons. The summed E-state index contributed by atoms with van der Waals surface area (Å²) < 4.78 is 25.9. The summed E-state index contributed by atoms with van der Waals surface area (Å²) in [4.78, 5) is 23.2. The van der Waals surface area contributed by atoms with E-state index >= 15 is 0 Å². The molecule has 1 N–H and O–H groups in total. The molecule has 0 aromatic heterocycles. The van der Waals surface area contributed by atoms with Crippen molar-refractivity contribution in [3.05, 3.63) is 63.2 Å². The number of hydrogen-bond acceptors (Lipinski definition) is 5. The number of nitrogens with one attached hydrogen (secondary N) is 1. The lowest BCUT2D eigenvalue weighted by atomic mass is 10.1. The van der Waals surface area contributed by atoms with E-state index in [1.807, 2.05) is 19.9 Å². The van der Waals surface area contributed by atoms with E-state index < -0.39 is 26.9 Å². The Kier molecular flexibility index (Phi) is 6.08. The highest BCUT2D eigenvalue weighted by Crippen LogP contribution is 2.26. The van der Waals surface area contributed by atoms with Crippen LogP contribution in [0.25, 0.3) is 0 Å². The van der Waals surface area contributed by atoms with Crippen LogP contribution in [-0.4, -0.2) is 31.5 Å². The van der Waals surface area contributed by atoms with Gasteiger partial charge in [-0.3, -0.25) is 19.2 Å². The lowest BCUT2D eigenvalue weighted by Gasteiger charge is -2.29. The van der Waals surface area contributed by atoms with Gasteiger partial charge in [-0.05, 0) is 56.5 Å². The molecule has 0 fully saturated rings. The van der Waals surface area contributed by atoms with Gasteiger partial charge in [0.15, 0.2) is 0 Å². The highest BCUT2D eigenvalue weighted by atomic mass is 32.2. The van der Waals surface area contributed by atoms with Gasteiger partial charge >= 0.3 is 0 Å². The minimum Gasteiger partial charge on any atom is -0.324 e. The summed E-state index contributed by atoms with van der Waals surface area (Å²) in [5.74, 6) is -0.590. The number of carbonyl (C=O) groups is 1. The predicted octanol–water partition coefficient (Wildman–Crippen LogP) is 3.31. The molecular formula is C19H23N3O5S. The van der Waals surface area contributed by atoms with Crippen LogP contribution >= 0.6 is 0 Å². The number of anilines is 2. The Hall–Kier alpha value is -2.94. The Labute approximate surface area is 164 Å². The van der Waals surface area contributed by atoms with Crippen molar-refractivity contribution in [3.8, 4) is 0 Å². The third kappa shape index (κ3) is 4.86. The number of carbonyl (C=O) groups excluding carboxylic acids is 1. The van der Waals surface area contributed by atoms with Crippen molar-refractivity contribution < 1.29 is 18.1 Å². The first kappa shape index (κ1) is 21.4. The molecule has 1 amide bonds. The van der Waals surface area contributed by atoms with Gasteiger partial charge in [0, 0.05) is 12.1 Å². The second kappa shape index (κ2) is 7.97. The van der Waals surface area contributed by atoms with Crippen LogP contribution in [0.2, 0.25) is 0 Å². The fourth-order valence-corrected chi connectivity index (χ4v) is 4.14. The smallest absolute Gasteiger partial charge is 0.271 e. The maximum Gasteiger partial charge on any atom is 0.271 e. The lowest BCUT2D eigenvalue weighted by Crippen LogP contribution is -2.45. The predicted molar refractivity (Wildman–Crippen MR) is 109 cm³/mol. The lowest BCUT2D eigenvalue weighted by molar-refractivity contribution is -0.384. The quantitative estimate of drug-likeness (QED) is 0.586. The Morgan fingerprint density at radius 3 is 2.18 bits per heavy atom. The summed E-state index contributed by atoms with van der Waals surface area (Å²) in [5, 5.41) is 13.6. The minimum atomic E-state index is -3.76. The summed E-state index contributed by atoms with van der Waals surface area (Å²) >= 11 is 0. The van der Waals surface area contributed by atoms with Crippen LogP contribution in [0.15, 0.2) is 36.4 Å². The number of non-ortho nitro benzene ring substituents is 1. The van der Waals surface area contributed by atoms with Crippen molar-refractivity contribution in [2.45, 2.75) is 33.7 Å². The molecule has 2 aromatic carbocycles. The van der Waals surface area contributed by atoms with Crippen molar-refractivity contribution in [2.24, 2.45) is 0 Å². The number of benzene rings is 2. The summed E-state index contributed by atoms with van der Waals surface area (Å²) in [7, 11) is -3.76. The zero-order valence-corrected chi connectivity index (χ0v) is 17.2. The van der Waals surface area contributed by atoms with Crippen molar-refractivity contribution in [2.75, 3.05) is 15.9 Å². The molecule has 2 rings (SSSR count). The molecule has 2 aromatic rings. The van der Waals surface area contributed by atoms with Crippen LogP contribution in [0.3, 0.4) is 0 Å². The molecule has 0 radical (unpaired) electrons. The zero-order valence-electron chi connectivity index (χ0n) is 16.4. The second-order valence-electron chi connectivity index (χ2n) is 6.83. The largest absolute Gasteiger partial charge is 0.324 e. The summed E-state index contributed by atoms with van der Waals surface area (Å²) in [6.45, 7) is 6.85. The third-order valence-corrected chi connectivity index (χ3v) is 5.48. The summed E-state index contributed by atoms with van der Waals surface area (Å²) in [5.41, 5.74) is 2.85. The van der Waals surface area contributed by atoms with Gasteiger partial charge in [-0.25, -0.2) is 8.42 Å². The van der Waals surface area contributed by atoms with E-state index in [1.54, 1.807) is 19.1 Å². The van der Waals surface area contributed by atoms with Crippen molar-refractivity contribution in [1.82, 2.24) is 0 Å². The van der Waals surface area contributed by atoms with Gasteiger partial charge in [-0.15, -0.1) is 0 Å².